The van der Waals surface area contributed by atoms with Gasteiger partial charge in [-0.1, -0.05) is 51.5 Å². The van der Waals surface area contributed by atoms with Crippen molar-refractivity contribution in [2.45, 2.75) is 46.6 Å². The van der Waals surface area contributed by atoms with Crippen LogP contribution in [-0.2, 0) is 11.3 Å². The zero-order valence-corrected chi connectivity index (χ0v) is 12.0. The first-order chi connectivity index (χ1) is 9.04. The molecular weight excluding hydrogens is 238 g/mol. The van der Waals surface area contributed by atoms with Crippen molar-refractivity contribution in [3.8, 4) is 0 Å². The summed E-state index contributed by atoms with van der Waals surface area (Å²) in [6, 6.07) is 7.46. The van der Waals surface area contributed by atoms with Gasteiger partial charge in [0.05, 0.1) is 0 Å². The molecule has 0 atom stereocenters. The number of Topliss-reactive ketones (excluding diaryl/α,β-unsaturated/α-hetero) is 1. The number of rotatable bonds is 7. The summed E-state index contributed by atoms with van der Waals surface area (Å²) in [6.45, 7) is 6.38. The smallest absolute Gasteiger partial charge is 0.220 e. The van der Waals surface area contributed by atoms with Gasteiger partial charge in [-0.15, -0.1) is 0 Å². The van der Waals surface area contributed by atoms with Gasteiger partial charge in [-0.25, -0.2) is 0 Å². The van der Waals surface area contributed by atoms with Crippen molar-refractivity contribution < 1.29 is 9.59 Å². The number of ketones is 1. The second kappa shape index (κ2) is 7.72. The van der Waals surface area contributed by atoms with E-state index in [4.69, 9.17) is 0 Å². The van der Waals surface area contributed by atoms with Crippen LogP contribution in [-0.4, -0.2) is 11.7 Å². The highest BCUT2D eigenvalue weighted by Gasteiger charge is 2.09. The number of unbranched alkanes of at least 4 members (excludes halogenated alkanes) is 1. The highest BCUT2D eigenvalue weighted by Crippen LogP contribution is 2.10. The molecular formula is C16H23NO2. The summed E-state index contributed by atoms with van der Waals surface area (Å²) in [5, 5.41) is 2.88. The molecule has 104 valence electrons. The van der Waals surface area contributed by atoms with Gasteiger partial charge in [0.1, 0.15) is 0 Å². The predicted molar refractivity (Wildman–Crippen MR) is 77.0 cm³/mol. The van der Waals surface area contributed by atoms with Crippen LogP contribution in [0.1, 0.15) is 56.0 Å². The molecule has 3 nitrogen and oxygen atoms in total. The Morgan fingerprint density at radius 2 is 1.79 bits per heavy atom. The number of carbonyl (C=O) groups excluding carboxylic acids is 2. The Bertz CT molecular complexity index is 421. The van der Waals surface area contributed by atoms with Crippen LogP contribution in [0.25, 0.3) is 0 Å². The minimum Gasteiger partial charge on any atom is -0.352 e. The van der Waals surface area contributed by atoms with Gasteiger partial charge in [0.15, 0.2) is 5.78 Å². The second-order valence-corrected chi connectivity index (χ2v) is 5.10. The van der Waals surface area contributed by atoms with E-state index in [1.807, 2.05) is 38.1 Å². The van der Waals surface area contributed by atoms with Gasteiger partial charge in [-0.3, -0.25) is 9.59 Å². The van der Waals surface area contributed by atoms with Gasteiger partial charge in [-0.2, -0.15) is 0 Å². The molecule has 0 spiro atoms. The maximum Gasteiger partial charge on any atom is 0.220 e. The molecule has 0 radical (unpaired) electrons. The van der Waals surface area contributed by atoms with Crippen molar-refractivity contribution in [2.24, 2.45) is 5.92 Å². The van der Waals surface area contributed by atoms with E-state index in [1.165, 1.54) is 0 Å². The number of carbonyl (C=O) groups is 2. The Kier molecular flexibility index (Phi) is 6.26. The summed E-state index contributed by atoms with van der Waals surface area (Å²) >= 11 is 0. The van der Waals surface area contributed by atoms with Crippen molar-refractivity contribution in [3.63, 3.8) is 0 Å². The molecule has 0 aliphatic rings. The summed E-state index contributed by atoms with van der Waals surface area (Å²) < 4.78 is 0. The summed E-state index contributed by atoms with van der Waals surface area (Å²) in [7, 11) is 0. The van der Waals surface area contributed by atoms with Gasteiger partial charge in [0.2, 0.25) is 5.91 Å². The van der Waals surface area contributed by atoms with Crippen LogP contribution in [0, 0.1) is 5.92 Å². The Hall–Kier alpha value is -1.64. The quantitative estimate of drug-likeness (QED) is 0.765. The van der Waals surface area contributed by atoms with Crippen LogP contribution in [0.15, 0.2) is 24.3 Å². The summed E-state index contributed by atoms with van der Waals surface area (Å²) in [6.07, 6.45) is 2.54. The minimum atomic E-state index is 0.0135. The topological polar surface area (TPSA) is 46.2 Å². The molecule has 0 aliphatic heterocycles. The third-order valence-electron chi connectivity index (χ3n) is 3.01. The molecule has 0 aromatic heterocycles. The van der Waals surface area contributed by atoms with Gasteiger partial charge >= 0.3 is 0 Å². The molecule has 0 unspecified atom stereocenters. The highest BCUT2D eigenvalue weighted by molar-refractivity contribution is 5.97. The van der Waals surface area contributed by atoms with Crippen molar-refractivity contribution in [3.05, 3.63) is 35.4 Å². The molecule has 19 heavy (non-hydrogen) atoms. The first kappa shape index (κ1) is 15.4. The molecule has 0 fully saturated rings. The average molecular weight is 261 g/mol. The van der Waals surface area contributed by atoms with Crippen LogP contribution >= 0.6 is 0 Å². The zero-order chi connectivity index (χ0) is 14.3. The van der Waals surface area contributed by atoms with Gasteiger partial charge < -0.3 is 5.32 Å². The molecule has 0 saturated carbocycles. The van der Waals surface area contributed by atoms with Crippen LogP contribution in [0.4, 0.5) is 0 Å². The third-order valence-corrected chi connectivity index (χ3v) is 3.01. The lowest BCUT2D eigenvalue weighted by Crippen LogP contribution is -2.22. The normalized spacial score (nSPS) is 10.5. The SMILES string of the molecule is CCCCC(=O)NCc1ccc(C(=O)C(C)C)cc1. The lowest BCUT2D eigenvalue weighted by molar-refractivity contribution is -0.121. The Labute approximate surface area is 115 Å². The van der Waals surface area contributed by atoms with Crippen molar-refractivity contribution in [1.82, 2.24) is 5.32 Å². The molecule has 0 aliphatic carbocycles. The van der Waals surface area contributed by atoms with E-state index >= 15 is 0 Å². The Morgan fingerprint density at radius 3 is 2.32 bits per heavy atom. The average Bonchev–Trinajstić information content (AvgIpc) is 2.42. The standard InChI is InChI=1S/C16H23NO2/c1-4-5-6-15(18)17-11-13-7-9-14(10-8-13)16(19)12(2)3/h7-10,12H,4-6,11H2,1-3H3,(H,17,18). The number of hydrogen-bond acceptors (Lipinski definition) is 2. The fourth-order valence-electron chi connectivity index (χ4n) is 1.75. The van der Waals surface area contributed by atoms with E-state index in [2.05, 4.69) is 12.2 Å². The van der Waals surface area contributed by atoms with Gasteiger partial charge in [0, 0.05) is 24.4 Å². The van der Waals surface area contributed by atoms with E-state index in [0.717, 1.165) is 24.0 Å². The summed E-state index contributed by atoms with van der Waals surface area (Å²) in [5.74, 6) is 0.252. The zero-order valence-electron chi connectivity index (χ0n) is 12.0. The fourth-order valence-corrected chi connectivity index (χ4v) is 1.75. The molecule has 3 heteroatoms. The van der Waals surface area contributed by atoms with Crippen LogP contribution in [0.5, 0.6) is 0 Å². The van der Waals surface area contributed by atoms with Gasteiger partial charge in [-0.05, 0) is 12.0 Å². The first-order valence-electron chi connectivity index (χ1n) is 6.94. The Morgan fingerprint density at radius 1 is 1.16 bits per heavy atom. The van der Waals surface area contributed by atoms with E-state index in [0.29, 0.717) is 13.0 Å². The molecule has 0 bridgehead atoms. The first-order valence-corrected chi connectivity index (χ1v) is 6.94. The number of hydrogen-bond donors (Lipinski definition) is 1. The van der Waals surface area contributed by atoms with Crippen LogP contribution in [0.3, 0.4) is 0 Å². The van der Waals surface area contributed by atoms with Crippen LogP contribution in [0.2, 0.25) is 0 Å². The van der Waals surface area contributed by atoms with Crippen molar-refractivity contribution >= 4 is 11.7 Å². The summed E-state index contributed by atoms with van der Waals surface area (Å²) in [5.41, 5.74) is 1.75. The predicted octanol–water partition coefficient (Wildman–Crippen LogP) is 3.33. The van der Waals surface area contributed by atoms with E-state index < -0.39 is 0 Å². The maximum atomic E-state index is 11.8. The van der Waals surface area contributed by atoms with E-state index in [-0.39, 0.29) is 17.6 Å². The summed E-state index contributed by atoms with van der Waals surface area (Å²) in [4.78, 5) is 23.2. The van der Waals surface area contributed by atoms with Gasteiger partial charge in [0.25, 0.3) is 0 Å². The number of amides is 1. The fraction of sp³-hybridized carbons (Fsp3) is 0.500. The molecule has 0 heterocycles. The third kappa shape index (κ3) is 5.25. The monoisotopic (exact) mass is 261 g/mol. The van der Waals surface area contributed by atoms with E-state index in [1.54, 1.807) is 0 Å². The molecule has 1 aromatic carbocycles. The minimum absolute atomic E-state index is 0.0135. The van der Waals surface area contributed by atoms with Crippen LogP contribution < -0.4 is 5.32 Å². The Balaban J connectivity index is 2.49. The molecule has 1 rings (SSSR count). The van der Waals surface area contributed by atoms with Crippen molar-refractivity contribution in [1.29, 1.82) is 0 Å². The molecule has 0 saturated heterocycles. The second-order valence-electron chi connectivity index (χ2n) is 5.10. The molecule has 1 N–H and O–H groups in total. The number of benzene rings is 1. The van der Waals surface area contributed by atoms with Crippen molar-refractivity contribution in [2.75, 3.05) is 0 Å². The maximum absolute atomic E-state index is 11.8. The molecule has 1 amide bonds. The lowest BCUT2D eigenvalue weighted by atomic mass is 10.00. The number of nitrogens with one attached hydrogen (secondary N) is 1. The highest BCUT2D eigenvalue weighted by atomic mass is 16.1. The lowest BCUT2D eigenvalue weighted by Gasteiger charge is -2.07. The largest absolute Gasteiger partial charge is 0.352 e. The molecule has 1 aromatic rings. The van der Waals surface area contributed by atoms with E-state index in [9.17, 15) is 9.59 Å².